The third kappa shape index (κ3) is 5.62. The third-order valence-corrected chi connectivity index (χ3v) is 4.24. The Morgan fingerprint density at radius 1 is 1.19 bits per heavy atom. The van der Waals surface area contributed by atoms with Crippen LogP contribution in [0.15, 0.2) is 24.3 Å². The molecule has 0 amide bonds. The van der Waals surface area contributed by atoms with Crippen LogP contribution < -0.4 is 10.1 Å². The fraction of sp³-hybridized carbons (Fsp3) is 0.647. The van der Waals surface area contributed by atoms with Crippen molar-refractivity contribution in [2.75, 3.05) is 0 Å². The van der Waals surface area contributed by atoms with Crippen LogP contribution in [0.5, 0.6) is 5.75 Å². The monoisotopic (exact) mass is 297 g/mol. The molecule has 0 bridgehead atoms. The lowest BCUT2D eigenvalue weighted by atomic mass is 9.85. The molecule has 1 atom stereocenters. The summed E-state index contributed by atoms with van der Waals surface area (Å²) < 4.78 is 29.3. The highest BCUT2D eigenvalue weighted by Crippen LogP contribution is 2.27. The van der Waals surface area contributed by atoms with Crippen molar-refractivity contribution >= 4 is 0 Å². The smallest absolute Gasteiger partial charge is 0.387 e. The first-order chi connectivity index (χ1) is 10.1. The van der Waals surface area contributed by atoms with Crippen molar-refractivity contribution in [2.24, 2.45) is 5.92 Å². The van der Waals surface area contributed by atoms with E-state index in [9.17, 15) is 8.78 Å². The van der Waals surface area contributed by atoms with E-state index in [1.165, 1.54) is 32.1 Å². The first-order valence-corrected chi connectivity index (χ1v) is 7.91. The Hall–Kier alpha value is -1.16. The fourth-order valence-electron chi connectivity index (χ4n) is 3.15. The summed E-state index contributed by atoms with van der Waals surface area (Å²) >= 11 is 0. The van der Waals surface area contributed by atoms with Crippen LogP contribution in [0.4, 0.5) is 8.78 Å². The Labute approximate surface area is 125 Å². The molecule has 0 radical (unpaired) electrons. The SMILES string of the molecule is CC(CC1CCCCC1)NCc1ccccc1OC(F)F. The van der Waals surface area contributed by atoms with Crippen molar-refractivity contribution in [1.29, 1.82) is 0 Å². The number of hydrogen-bond donors (Lipinski definition) is 1. The summed E-state index contributed by atoms with van der Waals surface area (Å²) in [5.74, 6) is 1.08. The lowest BCUT2D eigenvalue weighted by Crippen LogP contribution is -2.28. The zero-order chi connectivity index (χ0) is 15.1. The van der Waals surface area contributed by atoms with Gasteiger partial charge in [0.2, 0.25) is 0 Å². The minimum atomic E-state index is -2.77. The maximum Gasteiger partial charge on any atom is 0.387 e. The number of nitrogens with one attached hydrogen (secondary N) is 1. The topological polar surface area (TPSA) is 21.3 Å². The second-order valence-corrected chi connectivity index (χ2v) is 6.01. The molecule has 0 aliphatic heterocycles. The van der Waals surface area contributed by atoms with Gasteiger partial charge in [0.15, 0.2) is 0 Å². The third-order valence-electron chi connectivity index (χ3n) is 4.24. The molecule has 1 aliphatic carbocycles. The highest BCUT2D eigenvalue weighted by atomic mass is 19.3. The van der Waals surface area contributed by atoms with Crippen LogP contribution >= 0.6 is 0 Å². The minimum absolute atomic E-state index is 0.268. The maximum atomic E-state index is 12.4. The molecule has 1 fully saturated rings. The number of rotatable bonds is 7. The lowest BCUT2D eigenvalue weighted by molar-refractivity contribution is -0.0505. The molecular weight excluding hydrogens is 272 g/mol. The Morgan fingerprint density at radius 2 is 1.90 bits per heavy atom. The van der Waals surface area contributed by atoms with Crippen molar-refractivity contribution < 1.29 is 13.5 Å². The van der Waals surface area contributed by atoms with E-state index in [1.807, 2.05) is 12.1 Å². The minimum Gasteiger partial charge on any atom is -0.434 e. The average molecular weight is 297 g/mol. The molecule has 1 aliphatic rings. The first kappa shape index (κ1) is 16.2. The molecule has 4 heteroatoms. The predicted molar refractivity (Wildman–Crippen MR) is 80.6 cm³/mol. The Bertz CT molecular complexity index is 419. The zero-order valence-corrected chi connectivity index (χ0v) is 12.7. The maximum absolute atomic E-state index is 12.4. The summed E-state index contributed by atoms with van der Waals surface area (Å²) in [7, 11) is 0. The van der Waals surface area contributed by atoms with Crippen LogP contribution in [-0.2, 0) is 6.54 Å². The van der Waals surface area contributed by atoms with Gasteiger partial charge in [-0.1, -0.05) is 50.3 Å². The molecule has 1 unspecified atom stereocenters. The fourth-order valence-corrected chi connectivity index (χ4v) is 3.15. The molecule has 0 spiro atoms. The van der Waals surface area contributed by atoms with Gasteiger partial charge in [0.1, 0.15) is 5.75 Å². The molecule has 118 valence electrons. The van der Waals surface area contributed by atoms with Gasteiger partial charge in [0.25, 0.3) is 0 Å². The van der Waals surface area contributed by atoms with E-state index in [0.717, 1.165) is 17.9 Å². The van der Waals surface area contributed by atoms with Crippen molar-refractivity contribution in [2.45, 2.75) is 64.6 Å². The number of alkyl halides is 2. The normalized spacial score (nSPS) is 17.9. The van der Waals surface area contributed by atoms with Crippen LogP contribution in [0.3, 0.4) is 0 Å². The summed E-state index contributed by atoms with van der Waals surface area (Å²) in [5.41, 5.74) is 0.785. The first-order valence-electron chi connectivity index (χ1n) is 7.91. The van der Waals surface area contributed by atoms with Gasteiger partial charge in [0, 0.05) is 18.2 Å². The van der Waals surface area contributed by atoms with Gasteiger partial charge in [-0.3, -0.25) is 0 Å². The van der Waals surface area contributed by atoms with E-state index in [4.69, 9.17) is 0 Å². The molecule has 1 saturated carbocycles. The highest BCUT2D eigenvalue weighted by Gasteiger charge is 2.16. The van der Waals surface area contributed by atoms with Crippen molar-refractivity contribution in [3.63, 3.8) is 0 Å². The van der Waals surface area contributed by atoms with Gasteiger partial charge in [0.05, 0.1) is 0 Å². The van der Waals surface area contributed by atoms with Gasteiger partial charge in [-0.15, -0.1) is 0 Å². The summed E-state index contributed by atoms with van der Waals surface area (Å²) in [6, 6.07) is 7.38. The van der Waals surface area contributed by atoms with Crippen LogP contribution in [0.2, 0.25) is 0 Å². The van der Waals surface area contributed by atoms with Crippen LogP contribution in [0, 0.1) is 5.92 Å². The summed E-state index contributed by atoms with van der Waals surface area (Å²) in [4.78, 5) is 0. The van der Waals surface area contributed by atoms with Gasteiger partial charge in [-0.25, -0.2) is 0 Å². The van der Waals surface area contributed by atoms with Crippen molar-refractivity contribution in [3.8, 4) is 5.75 Å². The molecule has 1 aromatic carbocycles. The van der Waals surface area contributed by atoms with E-state index in [2.05, 4.69) is 17.0 Å². The van der Waals surface area contributed by atoms with Crippen LogP contribution in [-0.4, -0.2) is 12.7 Å². The van der Waals surface area contributed by atoms with Gasteiger partial charge < -0.3 is 10.1 Å². The molecule has 2 rings (SSSR count). The Balaban J connectivity index is 1.81. The van der Waals surface area contributed by atoms with E-state index >= 15 is 0 Å². The average Bonchev–Trinajstić information content (AvgIpc) is 2.47. The lowest BCUT2D eigenvalue weighted by Gasteiger charge is -2.25. The van der Waals surface area contributed by atoms with E-state index in [-0.39, 0.29) is 5.75 Å². The van der Waals surface area contributed by atoms with Crippen molar-refractivity contribution in [3.05, 3.63) is 29.8 Å². The molecule has 21 heavy (non-hydrogen) atoms. The number of halogens is 2. The highest BCUT2D eigenvalue weighted by molar-refractivity contribution is 5.33. The Kier molecular flexibility index (Phi) is 6.43. The van der Waals surface area contributed by atoms with Crippen LogP contribution in [0.1, 0.15) is 51.0 Å². The van der Waals surface area contributed by atoms with Crippen molar-refractivity contribution in [1.82, 2.24) is 5.32 Å². The predicted octanol–water partition coefficient (Wildman–Crippen LogP) is 4.74. The van der Waals surface area contributed by atoms with Gasteiger partial charge >= 0.3 is 6.61 Å². The number of ether oxygens (including phenoxy) is 1. The quantitative estimate of drug-likeness (QED) is 0.785. The molecule has 1 aromatic rings. The summed E-state index contributed by atoms with van der Waals surface area (Å²) in [6.45, 7) is -0.0343. The second kappa shape index (κ2) is 8.32. The van der Waals surface area contributed by atoms with E-state index in [1.54, 1.807) is 12.1 Å². The molecule has 1 N–H and O–H groups in total. The van der Waals surface area contributed by atoms with Gasteiger partial charge in [-0.2, -0.15) is 8.78 Å². The zero-order valence-electron chi connectivity index (χ0n) is 12.7. The molecule has 0 heterocycles. The van der Waals surface area contributed by atoms with Gasteiger partial charge in [-0.05, 0) is 25.3 Å². The number of benzene rings is 1. The second-order valence-electron chi connectivity index (χ2n) is 6.01. The van der Waals surface area contributed by atoms with E-state index in [0.29, 0.717) is 12.6 Å². The number of hydrogen-bond acceptors (Lipinski definition) is 2. The Morgan fingerprint density at radius 3 is 2.62 bits per heavy atom. The molecule has 0 aromatic heterocycles. The number of para-hydroxylation sites is 1. The van der Waals surface area contributed by atoms with E-state index < -0.39 is 6.61 Å². The van der Waals surface area contributed by atoms with Crippen LogP contribution in [0.25, 0.3) is 0 Å². The largest absolute Gasteiger partial charge is 0.434 e. The summed E-state index contributed by atoms with van der Waals surface area (Å²) in [5, 5.41) is 3.43. The summed E-state index contributed by atoms with van der Waals surface area (Å²) in [6.07, 6.45) is 7.90. The molecular formula is C17H25F2NO. The molecule has 2 nitrogen and oxygen atoms in total. The molecule has 0 saturated heterocycles. The standard InChI is InChI=1S/C17H25F2NO/c1-13(11-14-7-3-2-4-8-14)20-12-15-9-5-6-10-16(15)21-17(18)19/h5-6,9-10,13-14,17,20H,2-4,7-8,11-12H2,1H3.